The number of halogens is 1. The number of nitrogens with one attached hydrogen (secondary N) is 2. The first kappa shape index (κ1) is 24.7. The third-order valence-corrected chi connectivity index (χ3v) is 5.06. The molecule has 28 heavy (non-hydrogen) atoms. The normalized spacial score (nSPS) is 16.9. The third-order valence-electron chi connectivity index (χ3n) is 5.06. The Bertz CT molecular complexity index is 636. The number of aromatic nitrogens is 2. The molecule has 2 rings (SSSR count). The Morgan fingerprint density at radius 3 is 2.46 bits per heavy atom. The van der Waals surface area contributed by atoms with Crippen LogP contribution in [0.25, 0.3) is 0 Å². The van der Waals surface area contributed by atoms with Crippen molar-refractivity contribution >= 4 is 35.8 Å². The minimum absolute atomic E-state index is 0. The minimum atomic E-state index is 0. The number of likely N-dealkylation sites (N-methyl/N-ethyl adjacent to an activating group) is 1. The van der Waals surface area contributed by atoms with Crippen molar-refractivity contribution in [3.05, 3.63) is 18.0 Å². The van der Waals surface area contributed by atoms with Crippen molar-refractivity contribution in [2.45, 2.75) is 38.8 Å². The van der Waals surface area contributed by atoms with Gasteiger partial charge in [-0.25, -0.2) is 0 Å². The lowest BCUT2D eigenvalue weighted by atomic mass is 10.0. The van der Waals surface area contributed by atoms with Crippen molar-refractivity contribution in [3.8, 4) is 0 Å². The number of nitrogens with zero attached hydrogens (tertiary/aromatic N) is 5. The standard InChI is InChI=1S/C19H35N7O.HI/c1-14(2)18(27)26-9-7-16(8-10-26)23-19(20-3)21-12-17(24(4)5)15-11-22-25(6)13-15;/h11,13-14,16-17H,7-10,12H2,1-6H3,(H2,20,21,23);1H. The van der Waals surface area contributed by atoms with Crippen LogP contribution in [0.15, 0.2) is 17.4 Å². The van der Waals surface area contributed by atoms with Gasteiger partial charge in [0.05, 0.1) is 12.2 Å². The second kappa shape index (κ2) is 11.6. The zero-order valence-corrected chi connectivity index (χ0v) is 20.3. The summed E-state index contributed by atoms with van der Waals surface area (Å²) in [7, 11) is 7.86. The first-order valence-electron chi connectivity index (χ1n) is 9.72. The fraction of sp³-hybridized carbons (Fsp3) is 0.737. The molecule has 1 unspecified atom stereocenters. The Kier molecular flexibility index (Phi) is 10.2. The molecule has 0 aromatic carbocycles. The maximum absolute atomic E-state index is 12.1. The van der Waals surface area contributed by atoms with Gasteiger partial charge in [-0.2, -0.15) is 5.10 Å². The van der Waals surface area contributed by atoms with Gasteiger partial charge in [-0.15, -0.1) is 24.0 Å². The topological polar surface area (TPSA) is 77.8 Å². The summed E-state index contributed by atoms with van der Waals surface area (Å²) >= 11 is 0. The van der Waals surface area contributed by atoms with Crippen molar-refractivity contribution in [1.29, 1.82) is 0 Å². The Balaban J connectivity index is 0.00000392. The Morgan fingerprint density at radius 2 is 2.00 bits per heavy atom. The summed E-state index contributed by atoms with van der Waals surface area (Å²) in [5, 5.41) is 11.2. The van der Waals surface area contributed by atoms with Gasteiger partial charge in [-0.3, -0.25) is 14.5 Å². The molecule has 0 saturated carbocycles. The largest absolute Gasteiger partial charge is 0.354 e. The number of carbonyl (C=O) groups excluding carboxylic acids is 1. The fourth-order valence-corrected chi connectivity index (χ4v) is 3.40. The van der Waals surface area contributed by atoms with Crippen molar-refractivity contribution in [3.63, 3.8) is 0 Å². The molecule has 0 spiro atoms. The Labute approximate surface area is 186 Å². The molecular weight excluding hydrogens is 469 g/mol. The first-order chi connectivity index (χ1) is 12.8. The maximum Gasteiger partial charge on any atom is 0.225 e. The van der Waals surface area contributed by atoms with E-state index in [1.165, 1.54) is 5.56 Å². The lowest BCUT2D eigenvalue weighted by Gasteiger charge is -2.34. The molecule has 1 aromatic heterocycles. The summed E-state index contributed by atoms with van der Waals surface area (Å²) in [5.74, 6) is 1.13. The van der Waals surface area contributed by atoms with Crippen LogP contribution < -0.4 is 10.6 Å². The van der Waals surface area contributed by atoms with Gasteiger partial charge in [0.1, 0.15) is 0 Å². The number of piperidine rings is 1. The molecule has 0 aliphatic carbocycles. The number of hydrogen-bond acceptors (Lipinski definition) is 4. The molecule has 1 aromatic rings. The fourth-order valence-electron chi connectivity index (χ4n) is 3.40. The smallest absolute Gasteiger partial charge is 0.225 e. The zero-order chi connectivity index (χ0) is 20.0. The van der Waals surface area contributed by atoms with E-state index in [9.17, 15) is 4.79 Å². The second-order valence-electron chi connectivity index (χ2n) is 7.78. The van der Waals surface area contributed by atoms with E-state index in [0.717, 1.165) is 38.4 Å². The summed E-state index contributed by atoms with van der Waals surface area (Å²) in [6, 6.07) is 0.548. The summed E-state index contributed by atoms with van der Waals surface area (Å²) in [4.78, 5) is 20.6. The minimum Gasteiger partial charge on any atom is -0.354 e. The van der Waals surface area contributed by atoms with Crippen LogP contribution >= 0.6 is 24.0 Å². The first-order valence-corrected chi connectivity index (χ1v) is 9.72. The van der Waals surface area contributed by atoms with Crippen LogP contribution in [0, 0.1) is 5.92 Å². The lowest BCUT2D eigenvalue weighted by Crippen LogP contribution is -2.51. The maximum atomic E-state index is 12.1. The Morgan fingerprint density at radius 1 is 1.36 bits per heavy atom. The van der Waals surface area contributed by atoms with Gasteiger partial charge in [0.25, 0.3) is 0 Å². The number of carbonyl (C=O) groups is 1. The molecule has 160 valence electrons. The molecule has 2 heterocycles. The highest BCUT2D eigenvalue weighted by Crippen LogP contribution is 2.16. The molecule has 1 aliphatic heterocycles. The van der Waals surface area contributed by atoms with E-state index in [2.05, 4.69) is 39.7 Å². The van der Waals surface area contributed by atoms with Gasteiger partial charge < -0.3 is 20.4 Å². The molecule has 1 atom stereocenters. The monoisotopic (exact) mass is 505 g/mol. The average Bonchev–Trinajstić information content (AvgIpc) is 3.06. The van der Waals surface area contributed by atoms with Crippen LogP contribution in [0.2, 0.25) is 0 Å². The second-order valence-corrected chi connectivity index (χ2v) is 7.78. The van der Waals surface area contributed by atoms with E-state index in [-0.39, 0.29) is 41.8 Å². The van der Waals surface area contributed by atoms with Gasteiger partial charge in [0.2, 0.25) is 5.91 Å². The third kappa shape index (κ3) is 6.91. The van der Waals surface area contributed by atoms with Gasteiger partial charge in [-0.05, 0) is 26.9 Å². The highest BCUT2D eigenvalue weighted by Gasteiger charge is 2.25. The predicted octanol–water partition coefficient (Wildman–Crippen LogP) is 1.45. The molecular formula is C19H36IN7O. The van der Waals surface area contributed by atoms with Crippen molar-refractivity contribution in [2.24, 2.45) is 18.0 Å². The van der Waals surface area contributed by atoms with E-state index >= 15 is 0 Å². The van der Waals surface area contributed by atoms with Crippen LogP contribution in [-0.2, 0) is 11.8 Å². The molecule has 9 heteroatoms. The molecule has 0 radical (unpaired) electrons. The van der Waals surface area contributed by atoms with Gasteiger partial charge in [0, 0.05) is 57.4 Å². The number of amides is 1. The van der Waals surface area contributed by atoms with Crippen LogP contribution in [0.1, 0.15) is 38.3 Å². The summed E-state index contributed by atoms with van der Waals surface area (Å²) < 4.78 is 1.82. The van der Waals surface area contributed by atoms with Gasteiger partial charge >= 0.3 is 0 Å². The van der Waals surface area contributed by atoms with E-state index in [1.54, 1.807) is 7.05 Å². The van der Waals surface area contributed by atoms with E-state index in [0.29, 0.717) is 6.04 Å². The molecule has 1 saturated heterocycles. The summed E-state index contributed by atoms with van der Waals surface area (Å²) in [6.07, 6.45) is 5.84. The molecule has 1 fully saturated rings. The van der Waals surface area contributed by atoms with E-state index < -0.39 is 0 Å². The SMILES string of the molecule is CN=C(NCC(c1cnn(C)c1)N(C)C)NC1CCN(C(=O)C(C)C)CC1.I. The van der Waals surface area contributed by atoms with E-state index in [1.807, 2.05) is 42.9 Å². The number of guanidine groups is 1. The van der Waals surface area contributed by atoms with Crippen LogP contribution in [0.4, 0.5) is 0 Å². The summed E-state index contributed by atoms with van der Waals surface area (Å²) in [6.45, 7) is 6.27. The Hall–Kier alpha value is -1.36. The van der Waals surface area contributed by atoms with E-state index in [4.69, 9.17) is 0 Å². The number of aryl methyl sites for hydroxylation is 1. The molecule has 0 bridgehead atoms. The number of hydrogen-bond donors (Lipinski definition) is 2. The van der Waals surface area contributed by atoms with Crippen molar-refractivity contribution in [1.82, 2.24) is 30.2 Å². The highest BCUT2D eigenvalue weighted by atomic mass is 127. The van der Waals surface area contributed by atoms with Crippen LogP contribution in [0.5, 0.6) is 0 Å². The molecule has 1 aliphatic rings. The van der Waals surface area contributed by atoms with Gasteiger partial charge in [0.15, 0.2) is 5.96 Å². The van der Waals surface area contributed by atoms with Crippen LogP contribution in [0.3, 0.4) is 0 Å². The predicted molar refractivity (Wildman–Crippen MR) is 124 cm³/mol. The number of aliphatic imine (C=N–C) groups is 1. The average molecular weight is 505 g/mol. The molecule has 2 N–H and O–H groups in total. The lowest BCUT2D eigenvalue weighted by molar-refractivity contribution is -0.135. The highest BCUT2D eigenvalue weighted by molar-refractivity contribution is 14.0. The molecule has 8 nitrogen and oxygen atoms in total. The number of rotatable bonds is 6. The quantitative estimate of drug-likeness (QED) is 0.348. The van der Waals surface area contributed by atoms with Crippen LogP contribution in [-0.4, -0.2) is 78.3 Å². The molecule has 1 amide bonds. The van der Waals surface area contributed by atoms with Gasteiger partial charge in [-0.1, -0.05) is 13.8 Å². The number of likely N-dealkylation sites (tertiary alicyclic amines) is 1. The zero-order valence-electron chi connectivity index (χ0n) is 18.0. The summed E-state index contributed by atoms with van der Waals surface area (Å²) in [5.41, 5.74) is 1.17. The van der Waals surface area contributed by atoms with Crippen molar-refractivity contribution < 1.29 is 4.79 Å². The van der Waals surface area contributed by atoms with Crippen molar-refractivity contribution in [2.75, 3.05) is 40.8 Å².